The van der Waals surface area contributed by atoms with Crippen LogP contribution in [0, 0.1) is 0 Å². The lowest BCUT2D eigenvalue weighted by Crippen LogP contribution is -2.27. The molecule has 1 atom stereocenters. The highest BCUT2D eigenvalue weighted by molar-refractivity contribution is 5.85. The normalized spacial score (nSPS) is 13.8. The molecular formula is C12H13F3N2O. The van der Waals surface area contributed by atoms with Crippen LogP contribution in [0.2, 0.25) is 0 Å². The van der Waals surface area contributed by atoms with Crippen LogP contribution in [0.3, 0.4) is 0 Å². The van der Waals surface area contributed by atoms with Gasteiger partial charge in [-0.2, -0.15) is 13.2 Å². The van der Waals surface area contributed by atoms with Crippen LogP contribution in [0.15, 0.2) is 24.4 Å². The Morgan fingerprint density at radius 1 is 1.39 bits per heavy atom. The summed E-state index contributed by atoms with van der Waals surface area (Å²) in [5, 5.41) is 0.517. The highest BCUT2D eigenvalue weighted by Crippen LogP contribution is 2.37. The lowest BCUT2D eigenvalue weighted by Gasteiger charge is -2.17. The Morgan fingerprint density at radius 2 is 2.11 bits per heavy atom. The average molecular weight is 258 g/mol. The van der Waals surface area contributed by atoms with E-state index in [1.807, 2.05) is 0 Å². The summed E-state index contributed by atoms with van der Waals surface area (Å²) in [4.78, 5) is 2.81. The minimum Gasteiger partial charge on any atom is -0.497 e. The number of benzene rings is 1. The zero-order valence-corrected chi connectivity index (χ0v) is 9.71. The van der Waals surface area contributed by atoms with Crippen LogP contribution in [0.5, 0.6) is 5.75 Å². The summed E-state index contributed by atoms with van der Waals surface area (Å²) in [7, 11) is 1.50. The van der Waals surface area contributed by atoms with Crippen molar-refractivity contribution in [2.24, 2.45) is 5.73 Å². The number of aromatic nitrogens is 1. The molecule has 3 N–H and O–H groups in total. The maximum absolute atomic E-state index is 12.8. The van der Waals surface area contributed by atoms with E-state index in [0.717, 1.165) is 0 Å². The molecular weight excluding hydrogens is 245 g/mol. The van der Waals surface area contributed by atoms with E-state index >= 15 is 0 Å². The van der Waals surface area contributed by atoms with E-state index in [-0.39, 0.29) is 5.56 Å². The van der Waals surface area contributed by atoms with E-state index < -0.39 is 18.6 Å². The topological polar surface area (TPSA) is 51.0 Å². The molecule has 0 saturated heterocycles. The Hall–Kier alpha value is -1.69. The summed E-state index contributed by atoms with van der Waals surface area (Å²) >= 11 is 0. The van der Waals surface area contributed by atoms with Gasteiger partial charge in [0.2, 0.25) is 0 Å². The Labute approximate surface area is 102 Å². The molecule has 1 unspecified atom stereocenters. The highest BCUT2D eigenvalue weighted by atomic mass is 19.4. The number of halogens is 3. The first-order valence-electron chi connectivity index (χ1n) is 5.39. The lowest BCUT2D eigenvalue weighted by molar-refractivity contribution is -0.147. The number of methoxy groups -OCH3 is 1. The second-order valence-corrected chi connectivity index (χ2v) is 3.99. The van der Waals surface area contributed by atoms with Gasteiger partial charge < -0.3 is 15.5 Å². The molecule has 1 heterocycles. The van der Waals surface area contributed by atoms with Gasteiger partial charge in [0.1, 0.15) is 5.75 Å². The molecule has 3 nitrogen and oxygen atoms in total. The first-order valence-corrected chi connectivity index (χ1v) is 5.39. The van der Waals surface area contributed by atoms with Gasteiger partial charge in [0, 0.05) is 29.7 Å². The van der Waals surface area contributed by atoms with Crippen molar-refractivity contribution in [1.29, 1.82) is 0 Å². The lowest BCUT2D eigenvalue weighted by atomic mass is 9.98. The SMILES string of the molecule is COc1ccc2c(C(CN)C(F)(F)F)c[nH]c2c1. The van der Waals surface area contributed by atoms with Crippen LogP contribution in [-0.4, -0.2) is 24.8 Å². The minimum absolute atomic E-state index is 0.169. The summed E-state index contributed by atoms with van der Waals surface area (Å²) < 4.78 is 43.5. The van der Waals surface area contributed by atoms with Crippen molar-refractivity contribution in [2.45, 2.75) is 12.1 Å². The van der Waals surface area contributed by atoms with Crippen LogP contribution >= 0.6 is 0 Å². The van der Waals surface area contributed by atoms with E-state index in [1.165, 1.54) is 13.3 Å². The molecule has 0 radical (unpaired) electrons. The van der Waals surface area contributed by atoms with Crippen molar-refractivity contribution in [2.75, 3.05) is 13.7 Å². The standard InChI is InChI=1S/C12H13F3N2O/c1-18-7-2-3-8-9(6-17-11(8)4-7)10(5-16)12(13,14)15/h2-4,6,10,17H,5,16H2,1H3. The molecule has 0 amide bonds. The van der Waals surface area contributed by atoms with Crippen LogP contribution in [0.4, 0.5) is 13.2 Å². The number of H-pyrrole nitrogens is 1. The van der Waals surface area contributed by atoms with Gasteiger partial charge in [-0.1, -0.05) is 0 Å². The quantitative estimate of drug-likeness (QED) is 0.889. The van der Waals surface area contributed by atoms with E-state index in [0.29, 0.717) is 16.7 Å². The zero-order valence-electron chi connectivity index (χ0n) is 9.71. The van der Waals surface area contributed by atoms with Gasteiger partial charge in [0.25, 0.3) is 0 Å². The van der Waals surface area contributed by atoms with E-state index in [4.69, 9.17) is 10.5 Å². The van der Waals surface area contributed by atoms with Gasteiger partial charge in [-0.3, -0.25) is 0 Å². The van der Waals surface area contributed by atoms with Crippen molar-refractivity contribution in [3.05, 3.63) is 30.0 Å². The van der Waals surface area contributed by atoms with Crippen molar-refractivity contribution in [3.63, 3.8) is 0 Å². The van der Waals surface area contributed by atoms with E-state index in [1.54, 1.807) is 18.2 Å². The first-order chi connectivity index (χ1) is 8.47. The predicted octanol–water partition coefficient (Wildman–Crippen LogP) is 2.78. The minimum atomic E-state index is -4.34. The molecule has 18 heavy (non-hydrogen) atoms. The number of fused-ring (bicyclic) bond motifs is 1. The van der Waals surface area contributed by atoms with Gasteiger partial charge in [0.05, 0.1) is 13.0 Å². The smallest absolute Gasteiger partial charge is 0.397 e. The monoisotopic (exact) mass is 258 g/mol. The van der Waals surface area contributed by atoms with E-state index in [9.17, 15) is 13.2 Å². The first kappa shape index (κ1) is 12.8. The van der Waals surface area contributed by atoms with Crippen LogP contribution in [-0.2, 0) is 0 Å². The molecule has 0 spiro atoms. The molecule has 0 bridgehead atoms. The second-order valence-electron chi connectivity index (χ2n) is 3.99. The van der Waals surface area contributed by atoms with Gasteiger partial charge in [-0.15, -0.1) is 0 Å². The summed E-state index contributed by atoms with van der Waals surface area (Å²) in [6, 6.07) is 4.89. The molecule has 2 rings (SSSR count). The van der Waals surface area contributed by atoms with Gasteiger partial charge >= 0.3 is 6.18 Å². The molecule has 0 fully saturated rings. The average Bonchev–Trinajstić information content (AvgIpc) is 2.71. The van der Waals surface area contributed by atoms with Crippen molar-refractivity contribution < 1.29 is 17.9 Å². The number of rotatable bonds is 3. The Balaban J connectivity index is 2.52. The van der Waals surface area contributed by atoms with Crippen LogP contribution in [0.25, 0.3) is 10.9 Å². The molecule has 0 aliphatic rings. The summed E-state index contributed by atoms with van der Waals surface area (Å²) in [6.45, 7) is -0.470. The number of hydrogen-bond acceptors (Lipinski definition) is 2. The number of nitrogens with one attached hydrogen (secondary N) is 1. The zero-order chi connectivity index (χ0) is 13.3. The van der Waals surface area contributed by atoms with Gasteiger partial charge in [-0.25, -0.2) is 0 Å². The fraction of sp³-hybridized carbons (Fsp3) is 0.333. The molecule has 6 heteroatoms. The third-order valence-electron chi connectivity index (χ3n) is 2.93. The summed E-state index contributed by atoms with van der Waals surface area (Å²) in [5.41, 5.74) is 6.01. The number of aromatic amines is 1. The molecule has 2 aromatic rings. The number of nitrogens with two attached hydrogens (primary N) is 1. The van der Waals surface area contributed by atoms with Gasteiger partial charge in [-0.05, 0) is 17.7 Å². The number of hydrogen-bond donors (Lipinski definition) is 2. The van der Waals surface area contributed by atoms with E-state index in [2.05, 4.69) is 4.98 Å². The molecule has 98 valence electrons. The molecule has 0 aliphatic carbocycles. The Bertz CT molecular complexity index is 548. The van der Waals surface area contributed by atoms with Crippen molar-refractivity contribution >= 4 is 10.9 Å². The van der Waals surface area contributed by atoms with Crippen LogP contribution < -0.4 is 10.5 Å². The highest BCUT2D eigenvalue weighted by Gasteiger charge is 2.40. The molecule has 1 aromatic carbocycles. The van der Waals surface area contributed by atoms with Crippen LogP contribution in [0.1, 0.15) is 11.5 Å². The third-order valence-corrected chi connectivity index (χ3v) is 2.93. The Morgan fingerprint density at radius 3 is 2.67 bits per heavy atom. The largest absolute Gasteiger partial charge is 0.497 e. The maximum atomic E-state index is 12.8. The summed E-state index contributed by atoms with van der Waals surface area (Å²) in [5.74, 6) is -1.06. The number of alkyl halides is 3. The number of ether oxygens (including phenoxy) is 1. The van der Waals surface area contributed by atoms with Crippen molar-refractivity contribution in [1.82, 2.24) is 4.98 Å². The fourth-order valence-electron chi connectivity index (χ4n) is 1.98. The molecule has 0 aliphatic heterocycles. The summed E-state index contributed by atoms with van der Waals surface area (Å²) in [6.07, 6.45) is -2.99. The maximum Gasteiger partial charge on any atom is 0.397 e. The van der Waals surface area contributed by atoms with Crippen molar-refractivity contribution in [3.8, 4) is 5.75 Å². The Kier molecular flexibility index (Phi) is 3.21. The van der Waals surface area contributed by atoms with Gasteiger partial charge in [0.15, 0.2) is 0 Å². The molecule has 0 saturated carbocycles. The predicted molar refractivity (Wildman–Crippen MR) is 62.7 cm³/mol. The fourth-order valence-corrected chi connectivity index (χ4v) is 1.98. The molecule has 1 aromatic heterocycles. The third kappa shape index (κ3) is 2.15. The second kappa shape index (κ2) is 4.53.